The van der Waals surface area contributed by atoms with Crippen molar-refractivity contribution in [2.45, 2.75) is 0 Å². The van der Waals surface area contributed by atoms with E-state index in [4.69, 9.17) is 11.6 Å². The van der Waals surface area contributed by atoms with Crippen LogP contribution in [0.2, 0.25) is 0 Å². The highest BCUT2D eigenvalue weighted by Crippen LogP contribution is 2.17. The van der Waals surface area contributed by atoms with Crippen LogP contribution in [0.3, 0.4) is 0 Å². The van der Waals surface area contributed by atoms with Gasteiger partial charge in [0.2, 0.25) is 5.91 Å². The minimum absolute atomic E-state index is 0.174. The van der Waals surface area contributed by atoms with Crippen LogP contribution in [-0.4, -0.2) is 26.6 Å². The average molecular weight is 255 g/mol. The highest BCUT2D eigenvalue weighted by atomic mass is 35.5. The van der Waals surface area contributed by atoms with E-state index < -0.39 is 5.82 Å². The summed E-state index contributed by atoms with van der Waals surface area (Å²) in [6.07, 6.45) is 2.69. The van der Waals surface area contributed by atoms with Crippen LogP contribution < -0.4 is 5.32 Å². The number of hydrogen-bond donors (Lipinski definition) is 1. The SMILES string of the molecule is O=C(CCl)Nc1ccc(-n2cncn2)c(F)c1. The highest BCUT2D eigenvalue weighted by molar-refractivity contribution is 6.29. The Kier molecular flexibility index (Phi) is 3.34. The summed E-state index contributed by atoms with van der Waals surface area (Å²) in [7, 11) is 0. The second-order valence-corrected chi connectivity index (χ2v) is 3.46. The van der Waals surface area contributed by atoms with Crippen LogP contribution in [0.15, 0.2) is 30.9 Å². The van der Waals surface area contributed by atoms with E-state index in [9.17, 15) is 9.18 Å². The molecular formula is C10H8ClFN4O. The van der Waals surface area contributed by atoms with E-state index in [1.165, 1.54) is 29.5 Å². The lowest BCUT2D eigenvalue weighted by Gasteiger charge is -2.06. The van der Waals surface area contributed by atoms with E-state index in [0.717, 1.165) is 0 Å². The van der Waals surface area contributed by atoms with Gasteiger partial charge in [0.15, 0.2) is 5.82 Å². The Bertz CT molecular complexity index is 529. The maximum Gasteiger partial charge on any atom is 0.239 e. The second-order valence-electron chi connectivity index (χ2n) is 3.19. The van der Waals surface area contributed by atoms with Gasteiger partial charge < -0.3 is 5.32 Å². The molecule has 0 radical (unpaired) electrons. The van der Waals surface area contributed by atoms with Crippen molar-refractivity contribution in [1.29, 1.82) is 0 Å². The van der Waals surface area contributed by atoms with Gasteiger partial charge in [0.25, 0.3) is 0 Å². The summed E-state index contributed by atoms with van der Waals surface area (Å²) in [5, 5.41) is 6.26. The number of halogens is 2. The highest BCUT2D eigenvalue weighted by Gasteiger charge is 2.07. The molecule has 1 aromatic heterocycles. The summed E-state index contributed by atoms with van der Waals surface area (Å²) in [5.41, 5.74) is 0.600. The van der Waals surface area contributed by atoms with Crippen LogP contribution in [0.4, 0.5) is 10.1 Å². The van der Waals surface area contributed by atoms with Gasteiger partial charge in [-0.15, -0.1) is 11.6 Å². The third-order valence-electron chi connectivity index (χ3n) is 2.02. The zero-order chi connectivity index (χ0) is 12.3. The summed E-state index contributed by atoms with van der Waals surface area (Å²) in [6.45, 7) is 0. The first-order chi connectivity index (χ1) is 8.20. The molecule has 0 saturated carbocycles. The van der Waals surface area contributed by atoms with Crippen LogP contribution >= 0.6 is 11.6 Å². The minimum Gasteiger partial charge on any atom is -0.325 e. The fourth-order valence-corrected chi connectivity index (χ4v) is 1.36. The fraction of sp³-hybridized carbons (Fsp3) is 0.100. The molecule has 0 fully saturated rings. The second kappa shape index (κ2) is 4.92. The molecule has 1 amide bonds. The average Bonchev–Trinajstić information content (AvgIpc) is 2.82. The molecule has 1 aromatic carbocycles. The molecular weight excluding hydrogens is 247 g/mol. The van der Waals surface area contributed by atoms with E-state index >= 15 is 0 Å². The van der Waals surface area contributed by atoms with Gasteiger partial charge >= 0.3 is 0 Å². The monoisotopic (exact) mass is 254 g/mol. The van der Waals surface area contributed by atoms with Gasteiger partial charge in [0.1, 0.15) is 24.2 Å². The molecule has 0 aliphatic carbocycles. The van der Waals surface area contributed by atoms with Gasteiger partial charge in [-0.25, -0.2) is 14.1 Å². The van der Waals surface area contributed by atoms with Crippen molar-refractivity contribution in [1.82, 2.24) is 14.8 Å². The first-order valence-corrected chi connectivity index (χ1v) is 5.24. The lowest BCUT2D eigenvalue weighted by atomic mass is 10.2. The van der Waals surface area contributed by atoms with Gasteiger partial charge in [-0.05, 0) is 18.2 Å². The Hall–Kier alpha value is -1.95. The first-order valence-electron chi connectivity index (χ1n) is 4.71. The predicted molar refractivity (Wildman–Crippen MR) is 60.7 cm³/mol. The van der Waals surface area contributed by atoms with Crippen LogP contribution in [0.25, 0.3) is 5.69 Å². The third-order valence-corrected chi connectivity index (χ3v) is 2.26. The number of anilines is 1. The molecule has 0 aliphatic heterocycles. The summed E-state index contributed by atoms with van der Waals surface area (Å²) >= 11 is 5.33. The zero-order valence-electron chi connectivity index (χ0n) is 8.60. The molecule has 0 unspecified atom stereocenters. The third kappa shape index (κ3) is 2.59. The van der Waals surface area contributed by atoms with Crippen molar-refractivity contribution in [3.05, 3.63) is 36.7 Å². The summed E-state index contributed by atoms with van der Waals surface area (Å²) in [5.74, 6) is -1.07. The first kappa shape index (κ1) is 11.5. The molecule has 5 nitrogen and oxygen atoms in total. The number of nitrogens with zero attached hydrogens (tertiary/aromatic N) is 3. The standard InChI is InChI=1S/C10H8ClFN4O/c11-4-10(17)15-7-1-2-9(8(12)3-7)16-6-13-5-14-16/h1-3,5-6H,4H2,(H,15,17). The molecule has 1 N–H and O–H groups in total. The largest absolute Gasteiger partial charge is 0.325 e. The van der Waals surface area contributed by atoms with Crippen LogP contribution in [0.5, 0.6) is 0 Å². The van der Waals surface area contributed by atoms with Crippen LogP contribution in [0.1, 0.15) is 0 Å². The van der Waals surface area contributed by atoms with Crippen molar-refractivity contribution in [3.8, 4) is 5.69 Å². The smallest absolute Gasteiger partial charge is 0.239 e. The van der Waals surface area contributed by atoms with Gasteiger partial charge in [-0.2, -0.15) is 5.10 Å². The molecule has 17 heavy (non-hydrogen) atoms. The maximum atomic E-state index is 13.7. The summed E-state index contributed by atoms with van der Waals surface area (Å²) < 4.78 is 15.0. The van der Waals surface area contributed by atoms with E-state index in [-0.39, 0.29) is 17.5 Å². The number of rotatable bonds is 3. The Labute approximate surface area is 101 Å². The van der Waals surface area contributed by atoms with Gasteiger partial charge in [-0.3, -0.25) is 4.79 Å². The molecule has 2 rings (SSSR count). The number of carbonyl (C=O) groups is 1. The van der Waals surface area contributed by atoms with Crippen LogP contribution in [-0.2, 0) is 4.79 Å². The zero-order valence-corrected chi connectivity index (χ0v) is 9.36. The van der Waals surface area contributed by atoms with Gasteiger partial charge in [-0.1, -0.05) is 0 Å². The topological polar surface area (TPSA) is 59.8 Å². The molecule has 0 spiro atoms. The van der Waals surface area contributed by atoms with Crippen molar-refractivity contribution >= 4 is 23.2 Å². The molecule has 2 aromatic rings. The normalized spacial score (nSPS) is 10.2. The van der Waals surface area contributed by atoms with E-state index in [2.05, 4.69) is 15.4 Å². The number of carbonyl (C=O) groups excluding carboxylic acids is 1. The molecule has 0 bridgehead atoms. The Morgan fingerprint density at radius 3 is 2.94 bits per heavy atom. The Morgan fingerprint density at radius 2 is 2.35 bits per heavy atom. The summed E-state index contributed by atoms with van der Waals surface area (Å²) in [6, 6.07) is 4.25. The van der Waals surface area contributed by atoms with Crippen molar-refractivity contribution in [2.24, 2.45) is 0 Å². The van der Waals surface area contributed by atoms with Crippen molar-refractivity contribution in [3.63, 3.8) is 0 Å². The molecule has 0 aliphatic rings. The molecule has 0 atom stereocenters. The number of aromatic nitrogens is 3. The lowest BCUT2D eigenvalue weighted by Crippen LogP contribution is -2.13. The number of hydrogen-bond acceptors (Lipinski definition) is 3. The van der Waals surface area contributed by atoms with E-state index in [0.29, 0.717) is 5.69 Å². The lowest BCUT2D eigenvalue weighted by molar-refractivity contribution is -0.113. The number of alkyl halides is 1. The van der Waals surface area contributed by atoms with Gasteiger partial charge in [0.05, 0.1) is 0 Å². The fourth-order valence-electron chi connectivity index (χ4n) is 1.30. The Morgan fingerprint density at radius 1 is 1.53 bits per heavy atom. The molecule has 1 heterocycles. The summed E-state index contributed by atoms with van der Waals surface area (Å²) in [4.78, 5) is 14.7. The molecule has 0 saturated heterocycles. The van der Waals surface area contributed by atoms with Crippen LogP contribution in [0, 0.1) is 5.82 Å². The minimum atomic E-state index is -0.511. The van der Waals surface area contributed by atoms with E-state index in [1.807, 2.05) is 0 Å². The predicted octanol–water partition coefficient (Wildman–Crippen LogP) is 1.58. The maximum absolute atomic E-state index is 13.7. The number of amides is 1. The van der Waals surface area contributed by atoms with Crippen molar-refractivity contribution < 1.29 is 9.18 Å². The Balaban J connectivity index is 2.26. The van der Waals surface area contributed by atoms with Gasteiger partial charge in [0, 0.05) is 5.69 Å². The van der Waals surface area contributed by atoms with Crippen molar-refractivity contribution in [2.75, 3.05) is 11.2 Å². The molecule has 7 heteroatoms. The van der Waals surface area contributed by atoms with E-state index in [1.54, 1.807) is 6.07 Å². The number of nitrogens with one attached hydrogen (secondary N) is 1. The quantitative estimate of drug-likeness (QED) is 0.846. The molecule has 88 valence electrons. The number of benzene rings is 1.